The lowest BCUT2D eigenvalue weighted by Crippen LogP contribution is -2.33. The number of carbonyl (C=O) groups is 2. The molecule has 0 aliphatic rings. The average molecular weight is 419 g/mol. The molecule has 0 spiro atoms. The number of carbonyl (C=O) groups excluding carboxylic acids is 2. The van der Waals surface area contributed by atoms with E-state index in [-0.39, 0.29) is 18.9 Å². The second-order valence-corrected chi connectivity index (χ2v) is 6.73. The summed E-state index contributed by atoms with van der Waals surface area (Å²) in [5.74, 6) is 0.437. The number of benzene rings is 3. The maximum atomic E-state index is 12.5. The van der Waals surface area contributed by atoms with Gasteiger partial charge in [0.2, 0.25) is 5.91 Å². The molecule has 0 aliphatic carbocycles. The fourth-order valence-electron chi connectivity index (χ4n) is 3.24. The Bertz CT molecular complexity index is 1070. The van der Waals surface area contributed by atoms with Gasteiger partial charge in [0.1, 0.15) is 5.75 Å². The standard InChI is InChI=1S/C24H25N3O4/c1-3-31-24(29)26-21(17-9-5-4-6-10-17)15-23(28)27-25-16-18-13-14-22(30-2)20-12-8-7-11-19(18)20/h4-14,16,21H,3,15H2,1-2H3,(H,26,29)(H,27,28)/b25-16-/t21-/m1/s1. The van der Waals surface area contributed by atoms with Crippen molar-refractivity contribution in [2.75, 3.05) is 13.7 Å². The monoisotopic (exact) mass is 419 g/mol. The second-order valence-electron chi connectivity index (χ2n) is 6.73. The van der Waals surface area contributed by atoms with Crippen LogP contribution in [0.25, 0.3) is 10.8 Å². The van der Waals surface area contributed by atoms with E-state index < -0.39 is 12.1 Å². The zero-order valence-electron chi connectivity index (χ0n) is 17.5. The fraction of sp³-hybridized carbons (Fsp3) is 0.208. The summed E-state index contributed by atoms with van der Waals surface area (Å²) in [7, 11) is 1.63. The lowest BCUT2D eigenvalue weighted by molar-refractivity contribution is -0.121. The van der Waals surface area contributed by atoms with Crippen molar-refractivity contribution in [3.05, 3.63) is 77.9 Å². The number of hydrazone groups is 1. The molecule has 1 atom stereocenters. The Balaban J connectivity index is 1.70. The van der Waals surface area contributed by atoms with Crippen molar-refractivity contribution < 1.29 is 19.1 Å². The molecule has 0 fully saturated rings. The largest absolute Gasteiger partial charge is 0.496 e. The zero-order valence-corrected chi connectivity index (χ0v) is 17.5. The van der Waals surface area contributed by atoms with Gasteiger partial charge >= 0.3 is 6.09 Å². The maximum Gasteiger partial charge on any atom is 0.407 e. The molecule has 7 nitrogen and oxygen atoms in total. The second kappa shape index (κ2) is 10.8. The van der Waals surface area contributed by atoms with Crippen molar-refractivity contribution in [3.63, 3.8) is 0 Å². The van der Waals surface area contributed by atoms with Crippen LogP contribution >= 0.6 is 0 Å². The summed E-state index contributed by atoms with van der Waals surface area (Å²) in [6.07, 6.45) is 1.04. The SMILES string of the molecule is CCOC(=O)N[C@H](CC(=O)N/N=C\c1ccc(OC)c2ccccc12)c1ccccc1. The summed E-state index contributed by atoms with van der Waals surface area (Å²) in [5.41, 5.74) is 4.19. The molecule has 0 aromatic heterocycles. The number of hydrogen-bond donors (Lipinski definition) is 2. The van der Waals surface area contributed by atoms with E-state index in [9.17, 15) is 9.59 Å². The van der Waals surface area contributed by atoms with E-state index in [4.69, 9.17) is 9.47 Å². The third-order valence-corrected chi connectivity index (χ3v) is 4.69. The Morgan fingerprint density at radius 1 is 1.00 bits per heavy atom. The summed E-state index contributed by atoms with van der Waals surface area (Å²) < 4.78 is 10.4. The molecule has 0 radical (unpaired) electrons. The molecule has 0 heterocycles. The van der Waals surface area contributed by atoms with Crippen LogP contribution in [0.1, 0.15) is 30.5 Å². The van der Waals surface area contributed by atoms with Crippen LogP contribution in [0.2, 0.25) is 0 Å². The molecule has 0 unspecified atom stereocenters. The van der Waals surface area contributed by atoms with Gasteiger partial charge in [-0.3, -0.25) is 4.79 Å². The first-order chi connectivity index (χ1) is 15.1. The van der Waals surface area contributed by atoms with E-state index in [1.54, 1.807) is 20.2 Å². The quantitative estimate of drug-likeness (QED) is 0.424. The molecular formula is C24H25N3O4. The Morgan fingerprint density at radius 2 is 1.71 bits per heavy atom. The molecule has 3 aromatic rings. The Hall–Kier alpha value is -3.87. The highest BCUT2D eigenvalue weighted by Crippen LogP contribution is 2.27. The molecule has 0 bridgehead atoms. The smallest absolute Gasteiger partial charge is 0.407 e. The van der Waals surface area contributed by atoms with Crippen molar-refractivity contribution >= 4 is 29.0 Å². The summed E-state index contributed by atoms with van der Waals surface area (Å²) in [4.78, 5) is 24.4. The summed E-state index contributed by atoms with van der Waals surface area (Å²) in [6, 6.07) is 20.3. The number of nitrogens with zero attached hydrogens (tertiary/aromatic N) is 1. The van der Waals surface area contributed by atoms with Crippen LogP contribution in [-0.4, -0.2) is 31.9 Å². The first-order valence-corrected chi connectivity index (χ1v) is 9.98. The van der Waals surface area contributed by atoms with E-state index >= 15 is 0 Å². The predicted octanol–water partition coefficient (Wildman–Crippen LogP) is 4.18. The lowest BCUT2D eigenvalue weighted by atomic mass is 10.0. The number of rotatable bonds is 8. The molecule has 0 saturated heterocycles. The molecule has 160 valence electrons. The van der Waals surface area contributed by atoms with Gasteiger partial charge in [-0.1, -0.05) is 54.6 Å². The van der Waals surface area contributed by atoms with Crippen LogP contribution in [0.3, 0.4) is 0 Å². The molecule has 3 rings (SSSR count). The number of amides is 2. The van der Waals surface area contributed by atoms with Gasteiger partial charge in [-0.2, -0.15) is 5.10 Å². The van der Waals surface area contributed by atoms with Crippen LogP contribution in [0.15, 0.2) is 71.8 Å². The van der Waals surface area contributed by atoms with E-state index in [1.807, 2.05) is 66.7 Å². The van der Waals surface area contributed by atoms with E-state index in [1.165, 1.54) is 0 Å². The Kier molecular flexibility index (Phi) is 7.59. The number of hydrogen-bond acceptors (Lipinski definition) is 5. The molecular weight excluding hydrogens is 394 g/mol. The molecule has 3 aromatic carbocycles. The third kappa shape index (κ3) is 5.82. The predicted molar refractivity (Wildman–Crippen MR) is 120 cm³/mol. The van der Waals surface area contributed by atoms with Gasteiger partial charge in [0.15, 0.2) is 0 Å². The van der Waals surface area contributed by atoms with E-state index in [2.05, 4.69) is 15.8 Å². The van der Waals surface area contributed by atoms with E-state index in [0.717, 1.165) is 27.6 Å². The minimum atomic E-state index is -0.572. The fourth-order valence-corrected chi connectivity index (χ4v) is 3.24. The van der Waals surface area contributed by atoms with Crippen LogP contribution in [-0.2, 0) is 9.53 Å². The number of fused-ring (bicyclic) bond motifs is 1. The van der Waals surface area contributed by atoms with Crippen molar-refractivity contribution in [1.29, 1.82) is 0 Å². The first kappa shape index (κ1) is 21.8. The zero-order chi connectivity index (χ0) is 22.1. The van der Waals surface area contributed by atoms with Gasteiger partial charge < -0.3 is 14.8 Å². The maximum absolute atomic E-state index is 12.5. The van der Waals surface area contributed by atoms with Gasteiger partial charge in [0, 0.05) is 10.9 Å². The molecule has 2 N–H and O–H groups in total. The number of methoxy groups -OCH3 is 1. The molecule has 0 aliphatic heterocycles. The Morgan fingerprint density at radius 3 is 2.42 bits per heavy atom. The van der Waals surface area contributed by atoms with Crippen LogP contribution < -0.4 is 15.5 Å². The highest BCUT2D eigenvalue weighted by Gasteiger charge is 2.18. The minimum absolute atomic E-state index is 0.0174. The lowest BCUT2D eigenvalue weighted by Gasteiger charge is -2.18. The first-order valence-electron chi connectivity index (χ1n) is 9.98. The highest BCUT2D eigenvalue weighted by molar-refractivity contribution is 6.02. The molecule has 2 amide bonds. The van der Waals surface area contributed by atoms with Gasteiger partial charge in [-0.05, 0) is 30.0 Å². The molecule has 31 heavy (non-hydrogen) atoms. The van der Waals surface area contributed by atoms with Crippen LogP contribution in [0, 0.1) is 0 Å². The topological polar surface area (TPSA) is 89.0 Å². The molecule has 0 saturated carbocycles. The minimum Gasteiger partial charge on any atom is -0.496 e. The van der Waals surface area contributed by atoms with Gasteiger partial charge in [-0.25, -0.2) is 10.2 Å². The van der Waals surface area contributed by atoms with Crippen molar-refractivity contribution in [2.45, 2.75) is 19.4 Å². The normalized spacial score (nSPS) is 11.8. The summed E-state index contributed by atoms with van der Waals surface area (Å²) in [6.45, 7) is 1.97. The van der Waals surface area contributed by atoms with Gasteiger partial charge in [-0.15, -0.1) is 0 Å². The number of nitrogens with one attached hydrogen (secondary N) is 2. The van der Waals surface area contributed by atoms with Crippen molar-refractivity contribution in [1.82, 2.24) is 10.7 Å². The van der Waals surface area contributed by atoms with Crippen LogP contribution in [0.4, 0.5) is 4.79 Å². The van der Waals surface area contributed by atoms with Gasteiger partial charge in [0.05, 0.1) is 32.4 Å². The van der Waals surface area contributed by atoms with E-state index in [0.29, 0.717) is 0 Å². The molecule has 7 heteroatoms. The van der Waals surface area contributed by atoms with Crippen molar-refractivity contribution in [3.8, 4) is 5.75 Å². The van der Waals surface area contributed by atoms with Crippen molar-refractivity contribution in [2.24, 2.45) is 5.10 Å². The number of alkyl carbamates (subject to hydrolysis) is 1. The average Bonchev–Trinajstić information content (AvgIpc) is 2.79. The highest BCUT2D eigenvalue weighted by atomic mass is 16.5. The Labute approximate surface area is 181 Å². The summed E-state index contributed by atoms with van der Waals surface area (Å²) >= 11 is 0. The summed E-state index contributed by atoms with van der Waals surface area (Å²) in [5, 5.41) is 8.75. The van der Waals surface area contributed by atoms with Crippen LogP contribution in [0.5, 0.6) is 5.75 Å². The third-order valence-electron chi connectivity index (χ3n) is 4.69. The number of ether oxygens (including phenoxy) is 2. The van der Waals surface area contributed by atoms with Gasteiger partial charge in [0.25, 0.3) is 0 Å².